The first kappa shape index (κ1) is 15.4. The fourth-order valence-electron chi connectivity index (χ4n) is 2.85. The van der Waals surface area contributed by atoms with E-state index >= 15 is 0 Å². The summed E-state index contributed by atoms with van der Waals surface area (Å²) in [5.41, 5.74) is 2.90. The molecular weight excluding hydrogens is 310 g/mol. The third-order valence-corrected chi connectivity index (χ3v) is 4.13. The maximum Gasteiger partial charge on any atom is 0.227 e. The Labute approximate surface area is 146 Å². The predicted octanol–water partition coefficient (Wildman–Crippen LogP) is 5.19. The summed E-state index contributed by atoms with van der Waals surface area (Å²) < 4.78 is 5.97. The van der Waals surface area contributed by atoms with E-state index in [1.165, 1.54) is 0 Å². The van der Waals surface area contributed by atoms with Gasteiger partial charge >= 0.3 is 0 Å². The number of hydrogen-bond donors (Lipinski definition) is 1. The van der Waals surface area contributed by atoms with Gasteiger partial charge in [0, 0.05) is 11.8 Å². The van der Waals surface area contributed by atoms with Crippen molar-refractivity contribution in [3.05, 3.63) is 90.6 Å². The van der Waals surface area contributed by atoms with E-state index < -0.39 is 0 Å². The van der Waals surface area contributed by atoms with Crippen LogP contribution in [0.25, 0.3) is 21.9 Å². The molecule has 0 spiro atoms. The van der Waals surface area contributed by atoms with Crippen LogP contribution in [0.2, 0.25) is 0 Å². The molecule has 1 heterocycles. The molecule has 0 saturated carbocycles. The first-order chi connectivity index (χ1) is 12.3. The highest BCUT2D eigenvalue weighted by molar-refractivity contribution is 5.88. The van der Waals surface area contributed by atoms with Crippen LogP contribution in [-0.2, 0) is 6.61 Å². The minimum atomic E-state index is 0.0510. The third kappa shape index (κ3) is 3.23. The average molecular weight is 327 g/mol. The van der Waals surface area contributed by atoms with Crippen molar-refractivity contribution in [2.45, 2.75) is 6.61 Å². The van der Waals surface area contributed by atoms with Crippen molar-refractivity contribution in [3.8, 4) is 22.8 Å². The number of benzene rings is 3. The number of nitrogens with zero attached hydrogens (tertiary/aromatic N) is 1. The highest BCUT2D eigenvalue weighted by Gasteiger charge is 2.09. The number of fused-ring (bicyclic) bond motifs is 1. The molecule has 3 heteroatoms. The van der Waals surface area contributed by atoms with Crippen molar-refractivity contribution < 1.29 is 9.84 Å². The second-order valence-electron chi connectivity index (χ2n) is 5.83. The number of para-hydroxylation sites is 1. The standard InChI is InChI=1S/C22H17NO2/c24-15-16-8-9-18-14-19(11-10-17(18)13-16)21-7-4-12-23-22(21)25-20-5-2-1-3-6-20/h1-14,24H,15H2. The Morgan fingerprint density at radius 1 is 0.800 bits per heavy atom. The van der Waals surface area contributed by atoms with Gasteiger partial charge in [0.2, 0.25) is 5.88 Å². The van der Waals surface area contributed by atoms with Crippen LogP contribution < -0.4 is 4.74 Å². The molecule has 1 aromatic heterocycles. The van der Waals surface area contributed by atoms with Crippen LogP contribution in [0.4, 0.5) is 0 Å². The molecule has 4 rings (SSSR count). The Hall–Kier alpha value is -3.17. The third-order valence-electron chi connectivity index (χ3n) is 4.13. The van der Waals surface area contributed by atoms with Gasteiger partial charge in [-0.1, -0.05) is 42.5 Å². The van der Waals surface area contributed by atoms with Crippen LogP contribution in [0.5, 0.6) is 11.6 Å². The van der Waals surface area contributed by atoms with Crippen LogP contribution in [-0.4, -0.2) is 10.1 Å². The Morgan fingerprint density at radius 2 is 1.60 bits per heavy atom. The second kappa shape index (κ2) is 6.75. The molecule has 4 aromatic rings. The molecular formula is C22H17NO2. The molecule has 1 N–H and O–H groups in total. The van der Waals surface area contributed by atoms with E-state index in [4.69, 9.17) is 4.74 Å². The van der Waals surface area contributed by atoms with Gasteiger partial charge in [-0.25, -0.2) is 4.98 Å². The van der Waals surface area contributed by atoms with Crippen LogP contribution >= 0.6 is 0 Å². The monoisotopic (exact) mass is 327 g/mol. The van der Waals surface area contributed by atoms with Crippen LogP contribution in [0.3, 0.4) is 0 Å². The molecule has 0 aliphatic carbocycles. The molecule has 0 unspecified atom stereocenters. The van der Waals surface area contributed by atoms with Crippen LogP contribution in [0.1, 0.15) is 5.56 Å². The van der Waals surface area contributed by atoms with E-state index in [1.54, 1.807) is 6.20 Å². The van der Waals surface area contributed by atoms with E-state index in [2.05, 4.69) is 23.2 Å². The molecule has 0 atom stereocenters. The number of aliphatic hydroxyl groups excluding tert-OH is 1. The zero-order valence-electron chi connectivity index (χ0n) is 13.6. The van der Waals surface area contributed by atoms with Crippen molar-refractivity contribution in [1.82, 2.24) is 4.98 Å². The fourth-order valence-corrected chi connectivity index (χ4v) is 2.85. The zero-order valence-corrected chi connectivity index (χ0v) is 13.6. The van der Waals surface area contributed by atoms with E-state index in [9.17, 15) is 5.11 Å². The fraction of sp³-hybridized carbons (Fsp3) is 0.0455. The number of aliphatic hydroxyl groups is 1. The lowest BCUT2D eigenvalue weighted by molar-refractivity contribution is 0.282. The highest BCUT2D eigenvalue weighted by atomic mass is 16.5. The first-order valence-electron chi connectivity index (χ1n) is 8.15. The highest BCUT2D eigenvalue weighted by Crippen LogP contribution is 2.33. The molecule has 0 aliphatic heterocycles. The summed E-state index contributed by atoms with van der Waals surface area (Å²) >= 11 is 0. The molecule has 0 aliphatic rings. The van der Waals surface area contributed by atoms with Crippen molar-refractivity contribution in [2.24, 2.45) is 0 Å². The number of pyridine rings is 1. The molecule has 0 amide bonds. The van der Waals surface area contributed by atoms with E-state index in [0.29, 0.717) is 5.88 Å². The average Bonchev–Trinajstić information content (AvgIpc) is 2.68. The number of ether oxygens (including phenoxy) is 1. The molecule has 122 valence electrons. The lowest BCUT2D eigenvalue weighted by Gasteiger charge is -2.11. The SMILES string of the molecule is OCc1ccc2cc(-c3cccnc3Oc3ccccc3)ccc2c1. The molecule has 0 saturated heterocycles. The van der Waals surface area contributed by atoms with Crippen molar-refractivity contribution in [1.29, 1.82) is 0 Å². The van der Waals surface area contributed by atoms with E-state index in [0.717, 1.165) is 33.2 Å². The van der Waals surface area contributed by atoms with Crippen molar-refractivity contribution in [2.75, 3.05) is 0 Å². The molecule has 3 aromatic carbocycles. The summed E-state index contributed by atoms with van der Waals surface area (Å²) in [5.74, 6) is 1.34. The predicted molar refractivity (Wildman–Crippen MR) is 99.6 cm³/mol. The van der Waals surface area contributed by atoms with Crippen molar-refractivity contribution in [3.63, 3.8) is 0 Å². The quantitative estimate of drug-likeness (QED) is 0.561. The van der Waals surface area contributed by atoms with Gasteiger partial charge < -0.3 is 9.84 Å². The normalized spacial score (nSPS) is 10.8. The Balaban J connectivity index is 1.75. The van der Waals surface area contributed by atoms with Gasteiger partial charge in [0.25, 0.3) is 0 Å². The molecule has 0 radical (unpaired) electrons. The molecule has 0 fully saturated rings. The summed E-state index contributed by atoms with van der Waals surface area (Å²) in [6.07, 6.45) is 1.73. The summed E-state index contributed by atoms with van der Waals surface area (Å²) in [4.78, 5) is 4.40. The Morgan fingerprint density at radius 3 is 2.44 bits per heavy atom. The van der Waals surface area contributed by atoms with Gasteiger partial charge in [-0.2, -0.15) is 0 Å². The number of rotatable bonds is 4. The van der Waals surface area contributed by atoms with Crippen molar-refractivity contribution >= 4 is 10.8 Å². The van der Waals surface area contributed by atoms with Gasteiger partial charge in [0.15, 0.2) is 0 Å². The minimum absolute atomic E-state index is 0.0510. The lowest BCUT2D eigenvalue weighted by Crippen LogP contribution is -1.91. The summed E-state index contributed by atoms with van der Waals surface area (Å²) in [6, 6.07) is 25.8. The minimum Gasteiger partial charge on any atom is -0.438 e. The molecule has 25 heavy (non-hydrogen) atoms. The van der Waals surface area contributed by atoms with Crippen LogP contribution in [0, 0.1) is 0 Å². The maximum absolute atomic E-state index is 9.28. The van der Waals surface area contributed by atoms with Crippen LogP contribution in [0.15, 0.2) is 85.1 Å². The van der Waals surface area contributed by atoms with Gasteiger partial charge in [-0.3, -0.25) is 0 Å². The number of aromatic nitrogens is 1. The Kier molecular flexibility index (Phi) is 4.15. The second-order valence-corrected chi connectivity index (χ2v) is 5.83. The molecule has 3 nitrogen and oxygen atoms in total. The first-order valence-corrected chi connectivity index (χ1v) is 8.15. The van der Waals surface area contributed by atoms with Gasteiger partial charge in [0.1, 0.15) is 5.75 Å². The Bertz CT molecular complexity index is 1010. The van der Waals surface area contributed by atoms with Gasteiger partial charge in [-0.15, -0.1) is 0 Å². The van der Waals surface area contributed by atoms with Gasteiger partial charge in [0.05, 0.1) is 6.61 Å². The smallest absolute Gasteiger partial charge is 0.227 e. The zero-order chi connectivity index (χ0) is 17.1. The van der Waals surface area contributed by atoms with E-state index in [-0.39, 0.29) is 6.61 Å². The number of hydrogen-bond acceptors (Lipinski definition) is 3. The molecule has 0 bridgehead atoms. The lowest BCUT2D eigenvalue weighted by atomic mass is 10.0. The van der Waals surface area contributed by atoms with E-state index in [1.807, 2.05) is 60.7 Å². The summed E-state index contributed by atoms with van der Waals surface area (Å²) in [7, 11) is 0. The van der Waals surface area contributed by atoms with Gasteiger partial charge in [-0.05, 0) is 58.3 Å². The summed E-state index contributed by atoms with van der Waals surface area (Å²) in [6.45, 7) is 0.0510. The topological polar surface area (TPSA) is 42.4 Å². The maximum atomic E-state index is 9.28. The summed E-state index contributed by atoms with van der Waals surface area (Å²) in [5, 5.41) is 11.5. The largest absolute Gasteiger partial charge is 0.438 e.